The predicted molar refractivity (Wildman–Crippen MR) is 71.9 cm³/mol. The highest BCUT2D eigenvalue weighted by Gasteiger charge is 2.03. The molecule has 0 aliphatic heterocycles. The highest BCUT2D eigenvalue weighted by molar-refractivity contribution is 6.43. The van der Waals surface area contributed by atoms with Crippen LogP contribution in [0, 0.1) is 0 Å². The van der Waals surface area contributed by atoms with E-state index in [9.17, 15) is 0 Å². The first-order valence-corrected chi connectivity index (χ1v) is 5.88. The van der Waals surface area contributed by atoms with Crippen LogP contribution in [0.4, 0.5) is 5.69 Å². The Labute approximate surface area is 110 Å². The first kappa shape index (κ1) is 12.1. The summed E-state index contributed by atoms with van der Waals surface area (Å²) in [4.78, 5) is 0. The number of nitrogens with one attached hydrogen (secondary N) is 1. The minimum atomic E-state index is 0.259. The molecule has 2 rings (SSSR count). The van der Waals surface area contributed by atoms with Crippen molar-refractivity contribution in [3.05, 3.63) is 58.1 Å². The Morgan fingerprint density at radius 1 is 1.00 bits per heavy atom. The highest BCUT2D eigenvalue weighted by atomic mass is 35.5. The van der Waals surface area contributed by atoms with Gasteiger partial charge in [0.2, 0.25) is 0 Å². The SMILES string of the molecule is Oc1ccc(CNc2cccc(Cl)c2Cl)cc1. The Hall–Kier alpha value is -1.38. The van der Waals surface area contributed by atoms with Crippen LogP contribution in [0.5, 0.6) is 5.75 Å². The molecule has 0 unspecified atom stereocenters. The second-order valence-corrected chi connectivity index (χ2v) is 4.41. The van der Waals surface area contributed by atoms with Crippen molar-refractivity contribution in [1.29, 1.82) is 0 Å². The summed E-state index contributed by atoms with van der Waals surface area (Å²) in [5.41, 5.74) is 1.85. The van der Waals surface area contributed by atoms with E-state index in [1.807, 2.05) is 24.3 Å². The minimum Gasteiger partial charge on any atom is -0.508 e. The smallest absolute Gasteiger partial charge is 0.115 e. The van der Waals surface area contributed by atoms with Gasteiger partial charge in [-0.1, -0.05) is 41.4 Å². The van der Waals surface area contributed by atoms with Gasteiger partial charge in [-0.2, -0.15) is 0 Å². The van der Waals surface area contributed by atoms with Gasteiger partial charge in [-0.05, 0) is 29.8 Å². The molecule has 0 amide bonds. The molecule has 0 saturated heterocycles. The Morgan fingerprint density at radius 2 is 1.71 bits per heavy atom. The monoisotopic (exact) mass is 267 g/mol. The van der Waals surface area contributed by atoms with Crippen LogP contribution in [0.2, 0.25) is 10.0 Å². The van der Waals surface area contributed by atoms with Crippen molar-refractivity contribution in [3.63, 3.8) is 0 Å². The van der Waals surface area contributed by atoms with E-state index in [-0.39, 0.29) is 5.75 Å². The second-order valence-electron chi connectivity index (χ2n) is 3.62. The Bertz CT molecular complexity index is 511. The molecule has 0 saturated carbocycles. The molecule has 2 nitrogen and oxygen atoms in total. The molecule has 17 heavy (non-hydrogen) atoms. The molecule has 2 N–H and O–H groups in total. The van der Waals surface area contributed by atoms with E-state index in [0.717, 1.165) is 11.3 Å². The van der Waals surface area contributed by atoms with Crippen molar-refractivity contribution in [1.82, 2.24) is 0 Å². The summed E-state index contributed by atoms with van der Waals surface area (Å²) < 4.78 is 0. The van der Waals surface area contributed by atoms with Gasteiger partial charge in [0.05, 0.1) is 15.7 Å². The lowest BCUT2D eigenvalue weighted by Crippen LogP contribution is -1.99. The number of anilines is 1. The van der Waals surface area contributed by atoms with E-state index < -0.39 is 0 Å². The Morgan fingerprint density at radius 3 is 2.41 bits per heavy atom. The van der Waals surface area contributed by atoms with Gasteiger partial charge in [0.25, 0.3) is 0 Å². The average Bonchev–Trinajstić information content (AvgIpc) is 2.33. The molecule has 2 aromatic rings. The number of phenols is 1. The van der Waals surface area contributed by atoms with E-state index in [2.05, 4.69) is 5.32 Å². The molecule has 4 heteroatoms. The van der Waals surface area contributed by atoms with Crippen LogP contribution < -0.4 is 5.32 Å². The highest BCUT2D eigenvalue weighted by Crippen LogP contribution is 2.29. The quantitative estimate of drug-likeness (QED) is 0.869. The van der Waals surface area contributed by atoms with Gasteiger partial charge in [0.1, 0.15) is 5.75 Å². The van der Waals surface area contributed by atoms with Crippen LogP contribution in [0.3, 0.4) is 0 Å². The van der Waals surface area contributed by atoms with Gasteiger partial charge >= 0.3 is 0 Å². The first-order chi connectivity index (χ1) is 8.16. The molecule has 0 heterocycles. The summed E-state index contributed by atoms with van der Waals surface area (Å²) in [6.45, 7) is 0.625. The van der Waals surface area contributed by atoms with Gasteiger partial charge in [0, 0.05) is 6.54 Å². The molecule has 0 aliphatic carbocycles. The van der Waals surface area contributed by atoms with Crippen molar-refractivity contribution < 1.29 is 5.11 Å². The van der Waals surface area contributed by atoms with Gasteiger partial charge < -0.3 is 10.4 Å². The Balaban J connectivity index is 2.07. The number of benzene rings is 2. The molecule has 0 aliphatic rings. The summed E-state index contributed by atoms with van der Waals surface area (Å²) in [5, 5.41) is 13.4. The maximum atomic E-state index is 9.16. The molecule has 0 aromatic heterocycles. The van der Waals surface area contributed by atoms with Crippen molar-refractivity contribution in [2.75, 3.05) is 5.32 Å². The maximum Gasteiger partial charge on any atom is 0.115 e. The topological polar surface area (TPSA) is 32.3 Å². The maximum absolute atomic E-state index is 9.16. The Kier molecular flexibility index (Phi) is 3.77. The second kappa shape index (κ2) is 5.30. The van der Waals surface area contributed by atoms with Crippen molar-refractivity contribution in [2.45, 2.75) is 6.54 Å². The van der Waals surface area contributed by atoms with Crippen molar-refractivity contribution in [3.8, 4) is 5.75 Å². The molecule has 0 fully saturated rings. The molecule has 0 bridgehead atoms. The number of hydrogen-bond donors (Lipinski definition) is 2. The molecule has 2 aromatic carbocycles. The summed E-state index contributed by atoms with van der Waals surface area (Å²) >= 11 is 12.0. The summed E-state index contributed by atoms with van der Waals surface area (Å²) in [6.07, 6.45) is 0. The van der Waals surface area contributed by atoms with E-state index in [1.165, 1.54) is 0 Å². The predicted octanol–water partition coefficient (Wildman–Crippen LogP) is 4.31. The van der Waals surface area contributed by atoms with Crippen LogP contribution in [-0.4, -0.2) is 5.11 Å². The normalized spacial score (nSPS) is 10.2. The fourth-order valence-corrected chi connectivity index (χ4v) is 1.82. The van der Waals surface area contributed by atoms with Crippen molar-refractivity contribution >= 4 is 28.9 Å². The fraction of sp³-hybridized carbons (Fsp3) is 0.0769. The lowest BCUT2D eigenvalue weighted by Gasteiger charge is -2.09. The summed E-state index contributed by atoms with van der Waals surface area (Å²) in [5.74, 6) is 0.259. The zero-order valence-corrected chi connectivity index (χ0v) is 10.5. The number of hydrogen-bond acceptors (Lipinski definition) is 2. The van der Waals surface area contributed by atoms with Gasteiger partial charge in [-0.25, -0.2) is 0 Å². The third-order valence-electron chi connectivity index (χ3n) is 2.37. The minimum absolute atomic E-state index is 0.259. The molecule has 0 atom stereocenters. The first-order valence-electron chi connectivity index (χ1n) is 5.12. The largest absolute Gasteiger partial charge is 0.508 e. The number of halogens is 2. The van der Waals surface area contributed by atoms with E-state index in [1.54, 1.807) is 18.2 Å². The standard InChI is InChI=1S/C13H11Cl2NO/c14-11-2-1-3-12(13(11)15)16-8-9-4-6-10(17)7-5-9/h1-7,16-17H,8H2. The molecular weight excluding hydrogens is 257 g/mol. The van der Waals surface area contributed by atoms with E-state index >= 15 is 0 Å². The van der Waals surface area contributed by atoms with Crippen LogP contribution in [0.25, 0.3) is 0 Å². The zero-order valence-electron chi connectivity index (χ0n) is 8.95. The van der Waals surface area contributed by atoms with Crippen LogP contribution in [0.15, 0.2) is 42.5 Å². The number of aromatic hydroxyl groups is 1. The fourth-order valence-electron chi connectivity index (χ4n) is 1.45. The summed E-state index contributed by atoms with van der Waals surface area (Å²) in [7, 11) is 0. The van der Waals surface area contributed by atoms with Crippen molar-refractivity contribution in [2.24, 2.45) is 0 Å². The van der Waals surface area contributed by atoms with Crippen LogP contribution in [-0.2, 0) is 6.54 Å². The average molecular weight is 268 g/mol. The van der Waals surface area contributed by atoms with Gasteiger partial charge in [-0.3, -0.25) is 0 Å². The van der Waals surface area contributed by atoms with E-state index in [0.29, 0.717) is 16.6 Å². The third-order valence-corrected chi connectivity index (χ3v) is 3.19. The van der Waals surface area contributed by atoms with Crippen LogP contribution in [0.1, 0.15) is 5.56 Å². The number of phenolic OH excluding ortho intramolecular Hbond substituents is 1. The van der Waals surface area contributed by atoms with Crippen LogP contribution >= 0.6 is 23.2 Å². The lowest BCUT2D eigenvalue weighted by molar-refractivity contribution is 0.475. The molecule has 0 radical (unpaired) electrons. The third kappa shape index (κ3) is 3.05. The van der Waals surface area contributed by atoms with Gasteiger partial charge in [-0.15, -0.1) is 0 Å². The van der Waals surface area contributed by atoms with E-state index in [4.69, 9.17) is 28.3 Å². The molecule has 0 spiro atoms. The summed E-state index contributed by atoms with van der Waals surface area (Å²) in [6, 6.07) is 12.5. The lowest BCUT2D eigenvalue weighted by atomic mass is 10.2. The molecular formula is C13H11Cl2NO. The van der Waals surface area contributed by atoms with Gasteiger partial charge in [0.15, 0.2) is 0 Å². The number of rotatable bonds is 3. The zero-order chi connectivity index (χ0) is 12.3. The molecule has 88 valence electrons.